The van der Waals surface area contributed by atoms with Crippen LogP contribution >= 0.6 is 0 Å². The van der Waals surface area contributed by atoms with Crippen molar-refractivity contribution >= 4 is 25.8 Å². The number of piperazine rings is 1. The molecule has 2 rings (SSSR count). The highest BCUT2D eigenvalue weighted by Gasteiger charge is 2.35. The normalized spacial score (nSPS) is 20.6. The van der Waals surface area contributed by atoms with Gasteiger partial charge in [0, 0.05) is 13.1 Å². The van der Waals surface area contributed by atoms with E-state index in [9.17, 15) is 21.6 Å². The van der Waals surface area contributed by atoms with Gasteiger partial charge in [-0.1, -0.05) is 6.92 Å². The highest BCUT2D eigenvalue weighted by Crippen LogP contribution is 2.21. The smallest absolute Gasteiger partial charge is 0.243 e. The fraction of sp³-hybridized carbons (Fsp3) is 0.462. The summed E-state index contributed by atoms with van der Waals surface area (Å²) in [7, 11) is -7.21. The molecule has 1 saturated heterocycles. The summed E-state index contributed by atoms with van der Waals surface area (Å²) in [6, 6.07) is 4.28. The van der Waals surface area contributed by atoms with Crippen LogP contribution in [0, 0.1) is 0 Å². The summed E-state index contributed by atoms with van der Waals surface area (Å²) < 4.78 is 49.8. The van der Waals surface area contributed by atoms with Crippen molar-refractivity contribution in [2.75, 3.05) is 18.8 Å². The van der Waals surface area contributed by atoms with Gasteiger partial charge in [-0.15, -0.1) is 0 Å². The Morgan fingerprint density at radius 1 is 1.14 bits per heavy atom. The number of amides is 1. The van der Waals surface area contributed by atoms with Crippen molar-refractivity contribution in [1.29, 1.82) is 0 Å². The molecule has 122 valence electrons. The number of sulfone groups is 1. The number of nitrogens with one attached hydrogen (secondary N) is 1. The Morgan fingerprint density at radius 2 is 1.68 bits per heavy atom. The van der Waals surface area contributed by atoms with Gasteiger partial charge in [0.05, 0.1) is 15.5 Å². The van der Waals surface area contributed by atoms with Crippen molar-refractivity contribution in [3.63, 3.8) is 0 Å². The monoisotopic (exact) mass is 346 g/mol. The van der Waals surface area contributed by atoms with Crippen LogP contribution in [0.1, 0.15) is 13.8 Å². The first-order valence-corrected chi connectivity index (χ1v) is 9.92. The first-order valence-electron chi connectivity index (χ1n) is 6.82. The molecule has 0 unspecified atom stereocenters. The van der Waals surface area contributed by atoms with Gasteiger partial charge in [0.2, 0.25) is 15.9 Å². The van der Waals surface area contributed by atoms with Crippen molar-refractivity contribution < 1.29 is 21.6 Å². The number of rotatable bonds is 4. The summed E-state index contributed by atoms with van der Waals surface area (Å²) in [4.78, 5) is 11.7. The average Bonchev–Trinajstić information content (AvgIpc) is 2.50. The molecule has 1 heterocycles. The van der Waals surface area contributed by atoms with Gasteiger partial charge in [0.15, 0.2) is 9.84 Å². The fourth-order valence-electron chi connectivity index (χ4n) is 2.21. The third-order valence-electron chi connectivity index (χ3n) is 3.61. The van der Waals surface area contributed by atoms with Crippen LogP contribution in [0.5, 0.6) is 0 Å². The van der Waals surface area contributed by atoms with Crippen LogP contribution in [0.2, 0.25) is 0 Å². The van der Waals surface area contributed by atoms with Crippen LogP contribution < -0.4 is 5.32 Å². The van der Waals surface area contributed by atoms with Gasteiger partial charge in [-0.05, 0) is 31.2 Å². The van der Waals surface area contributed by atoms with E-state index in [1.165, 1.54) is 38.1 Å². The molecule has 1 fully saturated rings. The van der Waals surface area contributed by atoms with Gasteiger partial charge < -0.3 is 5.32 Å². The van der Waals surface area contributed by atoms with Gasteiger partial charge >= 0.3 is 0 Å². The topological polar surface area (TPSA) is 101 Å². The highest BCUT2D eigenvalue weighted by atomic mass is 32.2. The van der Waals surface area contributed by atoms with E-state index < -0.39 is 25.9 Å². The molecule has 0 spiro atoms. The number of sulfonamides is 1. The largest absolute Gasteiger partial charge is 0.353 e. The van der Waals surface area contributed by atoms with Crippen LogP contribution in [0.3, 0.4) is 0 Å². The quantitative estimate of drug-likeness (QED) is 0.826. The summed E-state index contributed by atoms with van der Waals surface area (Å²) in [5.74, 6) is -0.400. The van der Waals surface area contributed by atoms with E-state index in [2.05, 4.69) is 5.32 Å². The maximum Gasteiger partial charge on any atom is 0.243 e. The molecular formula is C13H18N2O5S2. The number of nitrogens with zero attached hydrogens (tertiary/aromatic N) is 1. The molecule has 1 amide bonds. The highest BCUT2D eigenvalue weighted by molar-refractivity contribution is 7.91. The Kier molecular flexibility index (Phi) is 4.59. The zero-order valence-corrected chi connectivity index (χ0v) is 13.9. The lowest BCUT2D eigenvalue weighted by atomic mass is 10.2. The fourth-order valence-corrected chi connectivity index (χ4v) is 4.69. The summed E-state index contributed by atoms with van der Waals surface area (Å²) in [6.45, 7) is 3.48. The maximum absolute atomic E-state index is 12.6. The first kappa shape index (κ1) is 16.9. The van der Waals surface area contributed by atoms with E-state index in [1.54, 1.807) is 0 Å². The summed E-state index contributed by atoms with van der Waals surface area (Å²) in [5.41, 5.74) is 0. The van der Waals surface area contributed by atoms with Gasteiger partial charge in [-0.2, -0.15) is 4.31 Å². The number of carbonyl (C=O) groups is 1. The van der Waals surface area contributed by atoms with Crippen molar-refractivity contribution in [2.45, 2.75) is 29.7 Å². The van der Waals surface area contributed by atoms with Crippen LogP contribution in [-0.4, -0.2) is 51.9 Å². The van der Waals surface area contributed by atoms with E-state index in [-0.39, 0.29) is 34.5 Å². The predicted octanol–water partition coefficient (Wildman–Crippen LogP) is -0.0108. The SMILES string of the molecule is CCS(=O)(=O)c1ccc(S(=O)(=O)N2CCNC(=O)[C@@H]2C)cc1. The van der Waals surface area contributed by atoms with Crippen LogP contribution in [0.15, 0.2) is 34.1 Å². The van der Waals surface area contributed by atoms with Gasteiger partial charge in [-0.25, -0.2) is 16.8 Å². The second-order valence-corrected chi connectivity index (χ2v) is 9.13. The number of hydrogen-bond donors (Lipinski definition) is 1. The summed E-state index contributed by atoms with van der Waals surface area (Å²) in [6.07, 6.45) is 0. The lowest BCUT2D eigenvalue weighted by Crippen LogP contribution is -2.55. The van der Waals surface area contributed by atoms with E-state index in [4.69, 9.17) is 0 Å². The number of benzene rings is 1. The Balaban J connectivity index is 2.36. The second-order valence-electron chi connectivity index (χ2n) is 4.96. The molecule has 1 aromatic carbocycles. The minimum Gasteiger partial charge on any atom is -0.353 e. The summed E-state index contributed by atoms with van der Waals surface area (Å²) >= 11 is 0. The molecule has 1 atom stereocenters. The molecule has 0 radical (unpaired) electrons. The Labute approximate surface area is 130 Å². The zero-order valence-electron chi connectivity index (χ0n) is 12.3. The van der Waals surface area contributed by atoms with E-state index in [0.29, 0.717) is 0 Å². The number of hydrogen-bond acceptors (Lipinski definition) is 5. The van der Waals surface area contributed by atoms with Gasteiger partial charge in [-0.3, -0.25) is 4.79 Å². The third-order valence-corrected chi connectivity index (χ3v) is 7.35. The molecule has 0 aliphatic carbocycles. The molecule has 1 aliphatic rings. The molecule has 9 heteroatoms. The molecule has 22 heavy (non-hydrogen) atoms. The standard InChI is InChI=1S/C13H18N2O5S2/c1-3-21(17,18)11-4-6-12(7-5-11)22(19,20)15-9-8-14-13(16)10(15)2/h4-7,10H,3,8-9H2,1-2H3,(H,14,16)/t10-/m0/s1. The lowest BCUT2D eigenvalue weighted by molar-refractivity contribution is -0.126. The number of carbonyl (C=O) groups excluding carboxylic acids is 1. The van der Waals surface area contributed by atoms with E-state index in [0.717, 1.165) is 4.31 Å². The Hall–Kier alpha value is -1.45. The molecule has 1 aliphatic heterocycles. The van der Waals surface area contributed by atoms with E-state index in [1.807, 2.05) is 0 Å². The van der Waals surface area contributed by atoms with Crippen molar-refractivity contribution in [1.82, 2.24) is 9.62 Å². The molecule has 0 bridgehead atoms. The molecule has 0 aromatic heterocycles. The molecular weight excluding hydrogens is 328 g/mol. The van der Waals surface area contributed by atoms with Gasteiger partial charge in [0.1, 0.15) is 6.04 Å². The Bertz CT molecular complexity index is 769. The van der Waals surface area contributed by atoms with Crippen LogP contribution in [-0.2, 0) is 24.7 Å². The minimum atomic E-state index is -3.84. The maximum atomic E-state index is 12.6. The minimum absolute atomic E-state index is 0.0240. The van der Waals surface area contributed by atoms with E-state index >= 15 is 0 Å². The zero-order chi connectivity index (χ0) is 16.5. The van der Waals surface area contributed by atoms with Gasteiger partial charge in [0.25, 0.3) is 0 Å². The average molecular weight is 346 g/mol. The lowest BCUT2D eigenvalue weighted by Gasteiger charge is -2.31. The molecule has 1 N–H and O–H groups in total. The molecule has 0 saturated carbocycles. The van der Waals surface area contributed by atoms with Crippen molar-refractivity contribution in [3.8, 4) is 0 Å². The predicted molar refractivity (Wildman–Crippen MR) is 80.5 cm³/mol. The van der Waals surface area contributed by atoms with Crippen molar-refractivity contribution in [2.24, 2.45) is 0 Å². The van der Waals surface area contributed by atoms with Crippen LogP contribution in [0.25, 0.3) is 0 Å². The van der Waals surface area contributed by atoms with Crippen LogP contribution in [0.4, 0.5) is 0 Å². The second kappa shape index (κ2) is 5.98. The first-order chi connectivity index (χ1) is 10.2. The summed E-state index contributed by atoms with van der Waals surface area (Å²) in [5, 5.41) is 2.60. The Morgan fingerprint density at radius 3 is 2.23 bits per heavy atom. The molecule has 7 nitrogen and oxygen atoms in total. The third kappa shape index (κ3) is 3.01. The van der Waals surface area contributed by atoms with Crippen molar-refractivity contribution in [3.05, 3.63) is 24.3 Å². The molecule has 1 aromatic rings.